The van der Waals surface area contributed by atoms with Gasteiger partial charge in [-0.2, -0.15) is 0 Å². The molecule has 0 bridgehead atoms. The molecule has 32 heavy (non-hydrogen) atoms. The Labute approximate surface area is 191 Å². The van der Waals surface area contributed by atoms with Crippen LogP contribution in [0, 0.1) is 0 Å². The van der Waals surface area contributed by atoms with Crippen molar-refractivity contribution in [3.05, 3.63) is 76.6 Å². The summed E-state index contributed by atoms with van der Waals surface area (Å²) in [6.45, 7) is 10.7. The lowest BCUT2D eigenvalue weighted by atomic mass is 9.92. The van der Waals surface area contributed by atoms with Gasteiger partial charge in [0.15, 0.2) is 5.58 Å². The van der Waals surface area contributed by atoms with Crippen LogP contribution in [0.1, 0.15) is 74.4 Å². The third-order valence-corrected chi connectivity index (χ3v) is 7.31. The molecule has 0 fully saturated rings. The summed E-state index contributed by atoms with van der Waals surface area (Å²) >= 11 is 1.78. The number of para-hydroxylation sites is 1. The van der Waals surface area contributed by atoms with Crippen LogP contribution in [-0.2, 0) is 11.8 Å². The quantitative estimate of drug-likeness (QED) is 0.307. The maximum Gasteiger partial charge on any atom is 0.208 e. The first-order valence-electron chi connectivity index (χ1n) is 11.1. The van der Waals surface area contributed by atoms with Crippen molar-refractivity contribution < 1.29 is 4.42 Å². The molecular weight excluding hydrogens is 416 g/mol. The molecule has 0 amide bonds. The number of aromatic amines is 1. The van der Waals surface area contributed by atoms with E-state index in [1.165, 1.54) is 15.3 Å². The molecule has 3 aromatic heterocycles. The van der Waals surface area contributed by atoms with Crippen molar-refractivity contribution in [3.63, 3.8) is 0 Å². The van der Waals surface area contributed by atoms with E-state index in [4.69, 9.17) is 19.4 Å². The Morgan fingerprint density at radius 1 is 1.00 bits per heavy atom. The van der Waals surface area contributed by atoms with E-state index < -0.39 is 5.41 Å². The molecule has 5 nitrogen and oxygen atoms in total. The maximum atomic E-state index is 6.16. The number of rotatable bonds is 6. The number of aromatic nitrogens is 4. The highest BCUT2D eigenvalue weighted by atomic mass is 32.1. The van der Waals surface area contributed by atoms with Crippen LogP contribution in [0.2, 0.25) is 0 Å². The number of fused-ring (bicyclic) bond motifs is 2. The Balaban J connectivity index is 1.40. The van der Waals surface area contributed by atoms with E-state index in [0.717, 1.165) is 34.6 Å². The maximum absolute atomic E-state index is 6.16. The van der Waals surface area contributed by atoms with Gasteiger partial charge in [-0.3, -0.25) is 0 Å². The molecule has 1 atom stereocenters. The van der Waals surface area contributed by atoms with E-state index in [-0.39, 0.29) is 0 Å². The second kappa shape index (κ2) is 7.85. The molecule has 0 aliphatic rings. The Kier molecular flexibility index (Phi) is 5.13. The summed E-state index contributed by atoms with van der Waals surface area (Å²) in [4.78, 5) is 17.8. The topological polar surface area (TPSA) is 67.6 Å². The van der Waals surface area contributed by atoms with Gasteiger partial charge >= 0.3 is 0 Å². The Bertz CT molecular complexity index is 1360. The molecule has 1 unspecified atom stereocenters. The number of nitrogens with zero attached hydrogens (tertiary/aromatic N) is 3. The number of thiazole rings is 1. The van der Waals surface area contributed by atoms with Gasteiger partial charge < -0.3 is 9.40 Å². The first-order valence-corrected chi connectivity index (χ1v) is 11.9. The lowest BCUT2D eigenvalue weighted by molar-refractivity contribution is 0.419. The van der Waals surface area contributed by atoms with Crippen LogP contribution in [0.15, 0.2) is 53.1 Å². The summed E-state index contributed by atoms with van der Waals surface area (Å²) in [6, 6.07) is 14.6. The van der Waals surface area contributed by atoms with Crippen molar-refractivity contribution in [2.45, 2.75) is 58.3 Å². The molecule has 0 radical (unpaired) electrons. The Morgan fingerprint density at radius 3 is 2.56 bits per heavy atom. The third-order valence-electron chi connectivity index (χ3n) is 6.04. The molecule has 6 heteroatoms. The fraction of sp³-hybridized carbons (Fsp3) is 0.346. The van der Waals surface area contributed by atoms with Gasteiger partial charge in [0.05, 0.1) is 26.3 Å². The van der Waals surface area contributed by atoms with Crippen LogP contribution < -0.4 is 0 Å². The smallest absolute Gasteiger partial charge is 0.208 e. The van der Waals surface area contributed by atoms with Gasteiger partial charge in [0.25, 0.3) is 0 Å². The number of nitrogens with one attached hydrogen (secondary N) is 1. The zero-order valence-electron chi connectivity index (χ0n) is 19.1. The Hall–Kier alpha value is -2.99. The minimum absolute atomic E-state index is 0.338. The number of H-pyrrole nitrogens is 1. The van der Waals surface area contributed by atoms with Crippen LogP contribution in [0.5, 0.6) is 0 Å². The van der Waals surface area contributed by atoms with Crippen molar-refractivity contribution in [1.29, 1.82) is 0 Å². The molecule has 164 valence electrons. The second-order valence-corrected chi connectivity index (χ2v) is 10.5. The minimum atomic E-state index is -0.444. The summed E-state index contributed by atoms with van der Waals surface area (Å²) in [5.74, 6) is 2.26. The lowest BCUT2D eigenvalue weighted by Crippen LogP contribution is -2.21. The SMILES string of the molecule is CC(C)c1c[nH]c(C(C)(C)c2nc3cc(CC(C)c4nc5ccccc5s4)ccc3o2)n1. The predicted molar refractivity (Wildman–Crippen MR) is 131 cm³/mol. The standard InChI is InChI=1S/C26H28N4OS/c1-15(2)20-14-27-24(29-20)26(4,5)25-30-19-13-17(10-11-21(19)31-25)12-16(3)23-28-18-8-6-7-9-22(18)32-23/h6-11,13-16H,12H2,1-5H3,(H,27,29). The second-order valence-electron chi connectivity index (χ2n) is 9.40. The lowest BCUT2D eigenvalue weighted by Gasteiger charge is -2.17. The zero-order chi connectivity index (χ0) is 22.5. The van der Waals surface area contributed by atoms with Crippen molar-refractivity contribution in [2.75, 3.05) is 0 Å². The average molecular weight is 445 g/mol. The van der Waals surface area contributed by atoms with Gasteiger partial charge in [-0.25, -0.2) is 15.0 Å². The molecule has 1 N–H and O–H groups in total. The Morgan fingerprint density at radius 2 is 1.81 bits per heavy atom. The highest BCUT2D eigenvalue weighted by Crippen LogP contribution is 2.33. The van der Waals surface area contributed by atoms with Crippen LogP contribution in [0.25, 0.3) is 21.3 Å². The zero-order valence-corrected chi connectivity index (χ0v) is 20.0. The predicted octanol–water partition coefficient (Wildman–Crippen LogP) is 6.96. The van der Waals surface area contributed by atoms with Crippen molar-refractivity contribution in [3.8, 4) is 0 Å². The molecule has 3 heterocycles. The van der Waals surface area contributed by atoms with Crippen LogP contribution in [0.4, 0.5) is 0 Å². The summed E-state index contributed by atoms with van der Waals surface area (Å²) in [6.07, 6.45) is 2.89. The van der Waals surface area contributed by atoms with E-state index in [1.54, 1.807) is 11.3 Å². The van der Waals surface area contributed by atoms with Crippen molar-refractivity contribution in [2.24, 2.45) is 0 Å². The number of hydrogen-bond acceptors (Lipinski definition) is 5. The number of oxazole rings is 1. The first kappa shape index (κ1) is 20.9. The highest BCUT2D eigenvalue weighted by molar-refractivity contribution is 7.18. The molecule has 0 saturated heterocycles. The highest BCUT2D eigenvalue weighted by Gasteiger charge is 2.32. The number of benzene rings is 2. The number of imidazole rings is 1. The van der Waals surface area contributed by atoms with E-state index >= 15 is 0 Å². The molecule has 0 saturated carbocycles. The molecule has 0 spiro atoms. The molecular formula is C26H28N4OS. The van der Waals surface area contributed by atoms with Crippen LogP contribution in [0.3, 0.4) is 0 Å². The van der Waals surface area contributed by atoms with Gasteiger partial charge in [0, 0.05) is 12.1 Å². The summed E-state index contributed by atoms with van der Waals surface area (Å²) < 4.78 is 7.40. The van der Waals surface area contributed by atoms with E-state index in [0.29, 0.717) is 17.7 Å². The fourth-order valence-electron chi connectivity index (χ4n) is 3.96. The third kappa shape index (κ3) is 3.73. The summed E-state index contributed by atoms with van der Waals surface area (Å²) in [7, 11) is 0. The van der Waals surface area contributed by atoms with Gasteiger partial charge in [0.1, 0.15) is 11.3 Å². The van der Waals surface area contributed by atoms with Crippen LogP contribution in [-0.4, -0.2) is 19.9 Å². The number of hydrogen-bond donors (Lipinski definition) is 1. The van der Waals surface area contributed by atoms with Crippen molar-refractivity contribution >= 4 is 32.7 Å². The monoisotopic (exact) mass is 444 g/mol. The van der Waals surface area contributed by atoms with E-state index in [9.17, 15) is 0 Å². The summed E-state index contributed by atoms with van der Waals surface area (Å²) in [5.41, 5.74) is 4.62. The van der Waals surface area contributed by atoms with E-state index in [1.807, 2.05) is 18.3 Å². The summed E-state index contributed by atoms with van der Waals surface area (Å²) in [5, 5.41) is 1.17. The van der Waals surface area contributed by atoms with Crippen molar-refractivity contribution in [1.82, 2.24) is 19.9 Å². The van der Waals surface area contributed by atoms with E-state index in [2.05, 4.69) is 69.9 Å². The largest absolute Gasteiger partial charge is 0.440 e. The van der Waals surface area contributed by atoms with Gasteiger partial charge in [-0.05, 0) is 56.0 Å². The molecule has 5 aromatic rings. The average Bonchev–Trinajstić information content (AvgIpc) is 3.50. The molecule has 0 aliphatic carbocycles. The van der Waals surface area contributed by atoms with Gasteiger partial charge in [-0.1, -0.05) is 39.0 Å². The normalized spacial score (nSPS) is 13.4. The van der Waals surface area contributed by atoms with Gasteiger partial charge in [0.2, 0.25) is 5.89 Å². The fourth-order valence-corrected chi connectivity index (χ4v) is 4.98. The molecule has 5 rings (SSSR count). The molecule has 0 aliphatic heterocycles. The van der Waals surface area contributed by atoms with Crippen LogP contribution >= 0.6 is 11.3 Å². The molecule has 2 aromatic carbocycles. The minimum Gasteiger partial charge on any atom is -0.440 e. The first-order chi connectivity index (χ1) is 15.3. The van der Waals surface area contributed by atoms with Gasteiger partial charge in [-0.15, -0.1) is 11.3 Å².